The number of carbonyl (C=O) groups is 1. The molecule has 6 nitrogen and oxygen atoms in total. The maximum absolute atomic E-state index is 12.8. The molecule has 26 heavy (non-hydrogen) atoms. The molecule has 2 heterocycles. The van der Waals surface area contributed by atoms with E-state index in [1.807, 2.05) is 49.3 Å². The van der Waals surface area contributed by atoms with Crippen LogP contribution in [0, 0.1) is 5.92 Å². The summed E-state index contributed by atoms with van der Waals surface area (Å²) in [6.07, 6.45) is 9.62. The summed E-state index contributed by atoms with van der Waals surface area (Å²) in [7, 11) is 3.80. The Labute approximate surface area is 152 Å². The van der Waals surface area contributed by atoms with Crippen LogP contribution in [0.5, 0.6) is 0 Å². The Kier molecular flexibility index (Phi) is 4.32. The summed E-state index contributed by atoms with van der Waals surface area (Å²) >= 11 is 0. The molecule has 0 spiro atoms. The summed E-state index contributed by atoms with van der Waals surface area (Å²) in [5, 5.41) is 5.40. The van der Waals surface area contributed by atoms with Gasteiger partial charge in [0.2, 0.25) is 0 Å². The minimum atomic E-state index is -0.0732. The van der Waals surface area contributed by atoms with Crippen LogP contribution in [0.15, 0.2) is 49.1 Å². The SMILES string of the molecule is CN(Cc1cccc2cnccc12)C(=O)N[C@@H](c1nccn1C)C1CC1. The maximum atomic E-state index is 12.8. The van der Waals surface area contributed by atoms with Gasteiger partial charge in [-0.25, -0.2) is 9.78 Å². The molecule has 2 aromatic heterocycles. The van der Waals surface area contributed by atoms with Crippen LogP contribution in [0.25, 0.3) is 10.8 Å². The van der Waals surface area contributed by atoms with Gasteiger partial charge in [-0.2, -0.15) is 0 Å². The predicted molar refractivity (Wildman–Crippen MR) is 100 cm³/mol. The molecule has 134 valence electrons. The van der Waals surface area contributed by atoms with Gasteiger partial charge in [-0.1, -0.05) is 18.2 Å². The van der Waals surface area contributed by atoms with Gasteiger partial charge in [0, 0.05) is 50.8 Å². The first-order valence-electron chi connectivity index (χ1n) is 8.94. The van der Waals surface area contributed by atoms with E-state index in [-0.39, 0.29) is 12.1 Å². The smallest absolute Gasteiger partial charge is 0.318 e. The number of benzene rings is 1. The maximum Gasteiger partial charge on any atom is 0.318 e. The zero-order valence-corrected chi connectivity index (χ0v) is 15.1. The minimum absolute atomic E-state index is 0.0262. The number of nitrogens with one attached hydrogen (secondary N) is 1. The molecular formula is C20H23N5O. The number of nitrogens with zero attached hydrogens (tertiary/aromatic N) is 4. The van der Waals surface area contributed by atoms with Crippen LogP contribution < -0.4 is 5.32 Å². The highest BCUT2D eigenvalue weighted by Crippen LogP contribution is 2.40. The lowest BCUT2D eigenvalue weighted by atomic mass is 10.1. The van der Waals surface area contributed by atoms with Gasteiger partial charge in [-0.15, -0.1) is 0 Å². The molecule has 1 saturated carbocycles. The second-order valence-corrected chi connectivity index (χ2v) is 7.03. The number of hydrogen-bond donors (Lipinski definition) is 1. The summed E-state index contributed by atoms with van der Waals surface area (Å²) in [4.78, 5) is 23.1. The van der Waals surface area contributed by atoms with Crippen LogP contribution >= 0.6 is 0 Å². The van der Waals surface area contributed by atoms with Crippen molar-refractivity contribution in [1.82, 2.24) is 24.8 Å². The van der Waals surface area contributed by atoms with Crippen LogP contribution in [0.2, 0.25) is 0 Å². The van der Waals surface area contributed by atoms with Gasteiger partial charge in [0.25, 0.3) is 0 Å². The summed E-state index contributed by atoms with van der Waals surface area (Å²) in [5.74, 6) is 1.41. The number of aromatic nitrogens is 3. The Morgan fingerprint density at radius 3 is 2.92 bits per heavy atom. The van der Waals surface area contributed by atoms with E-state index in [0.717, 1.165) is 35.0 Å². The van der Waals surface area contributed by atoms with Crippen molar-refractivity contribution in [3.05, 3.63) is 60.4 Å². The Morgan fingerprint density at radius 1 is 1.35 bits per heavy atom. The molecule has 0 aliphatic heterocycles. The fourth-order valence-electron chi connectivity index (χ4n) is 3.40. The first-order valence-corrected chi connectivity index (χ1v) is 8.94. The molecule has 2 amide bonds. The van der Waals surface area contributed by atoms with Gasteiger partial charge in [0.05, 0.1) is 6.04 Å². The van der Waals surface area contributed by atoms with E-state index in [0.29, 0.717) is 12.5 Å². The molecule has 1 atom stereocenters. The average molecular weight is 349 g/mol. The fraction of sp³-hybridized carbons (Fsp3) is 0.350. The van der Waals surface area contributed by atoms with Gasteiger partial charge in [0.15, 0.2) is 0 Å². The fourth-order valence-corrected chi connectivity index (χ4v) is 3.40. The van der Waals surface area contributed by atoms with Crippen molar-refractivity contribution in [2.45, 2.75) is 25.4 Å². The van der Waals surface area contributed by atoms with Crippen LogP contribution in [0.3, 0.4) is 0 Å². The van der Waals surface area contributed by atoms with Crippen molar-refractivity contribution in [3.8, 4) is 0 Å². The molecule has 0 bridgehead atoms. The molecule has 0 saturated heterocycles. The summed E-state index contributed by atoms with van der Waals surface area (Å²) < 4.78 is 1.99. The van der Waals surface area contributed by atoms with E-state index in [9.17, 15) is 4.79 Å². The molecule has 4 rings (SSSR count). The van der Waals surface area contributed by atoms with Crippen molar-refractivity contribution in [3.63, 3.8) is 0 Å². The quantitative estimate of drug-likeness (QED) is 0.769. The molecule has 1 aliphatic rings. The van der Waals surface area contributed by atoms with E-state index in [4.69, 9.17) is 0 Å². The first kappa shape index (κ1) is 16.6. The van der Waals surface area contributed by atoms with Crippen molar-refractivity contribution >= 4 is 16.8 Å². The van der Waals surface area contributed by atoms with Crippen molar-refractivity contribution in [1.29, 1.82) is 0 Å². The summed E-state index contributed by atoms with van der Waals surface area (Å²) in [5.41, 5.74) is 1.11. The van der Waals surface area contributed by atoms with Gasteiger partial charge in [-0.3, -0.25) is 4.98 Å². The lowest BCUT2D eigenvalue weighted by molar-refractivity contribution is 0.200. The number of aryl methyl sites for hydroxylation is 1. The number of carbonyl (C=O) groups excluding carboxylic acids is 1. The number of fused-ring (bicyclic) bond motifs is 1. The summed E-state index contributed by atoms with van der Waals surface area (Å²) in [6.45, 7) is 0.547. The third-order valence-corrected chi connectivity index (χ3v) is 5.03. The van der Waals surface area contributed by atoms with Crippen LogP contribution in [0.1, 0.15) is 30.3 Å². The van der Waals surface area contributed by atoms with E-state index >= 15 is 0 Å². The Morgan fingerprint density at radius 2 is 2.19 bits per heavy atom. The standard InChI is InChI=1S/C20H23N5O/c1-24-11-10-22-19(24)18(14-6-7-14)23-20(26)25(2)13-16-5-3-4-15-12-21-9-8-17(15)16/h3-5,8-12,14,18H,6-7,13H2,1-2H3,(H,23,26)/t18-/m1/s1. The average Bonchev–Trinajstić information content (AvgIpc) is 3.41. The number of amides is 2. The van der Waals surface area contributed by atoms with Crippen molar-refractivity contribution in [2.24, 2.45) is 13.0 Å². The van der Waals surface area contributed by atoms with Gasteiger partial charge in [0.1, 0.15) is 5.82 Å². The van der Waals surface area contributed by atoms with Gasteiger partial charge in [-0.05, 0) is 35.8 Å². The number of hydrogen-bond acceptors (Lipinski definition) is 3. The van der Waals surface area contributed by atoms with Crippen molar-refractivity contribution < 1.29 is 4.79 Å². The topological polar surface area (TPSA) is 63.1 Å². The van der Waals surface area contributed by atoms with E-state index in [2.05, 4.69) is 21.4 Å². The molecule has 0 unspecified atom stereocenters. The highest BCUT2D eigenvalue weighted by Gasteiger charge is 2.36. The molecular weight excluding hydrogens is 326 g/mol. The normalized spacial score (nSPS) is 15.0. The van der Waals surface area contributed by atoms with Crippen LogP contribution in [-0.4, -0.2) is 32.5 Å². The largest absolute Gasteiger partial charge is 0.336 e. The number of rotatable bonds is 5. The highest BCUT2D eigenvalue weighted by molar-refractivity contribution is 5.85. The lowest BCUT2D eigenvalue weighted by Crippen LogP contribution is -2.40. The highest BCUT2D eigenvalue weighted by atomic mass is 16.2. The number of imidazole rings is 1. The Balaban J connectivity index is 1.50. The Hall–Kier alpha value is -2.89. The van der Waals surface area contributed by atoms with Gasteiger partial charge < -0.3 is 14.8 Å². The second kappa shape index (κ2) is 6.78. The molecule has 1 aromatic carbocycles. The first-order chi connectivity index (χ1) is 12.6. The lowest BCUT2D eigenvalue weighted by Gasteiger charge is -2.24. The zero-order chi connectivity index (χ0) is 18.1. The molecule has 3 aromatic rings. The Bertz CT molecular complexity index is 925. The van der Waals surface area contributed by atoms with Gasteiger partial charge >= 0.3 is 6.03 Å². The molecule has 1 N–H and O–H groups in total. The number of urea groups is 1. The van der Waals surface area contributed by atoms with Crippen molar-refractivity contribution in [2.75, 3.05) is 7.05 Å². The molecule has 6 heteroatoms. The van der Waals surface area contributed by atoms with E-state index < -0.39 is 0 Å². The number of pyridine rings is 1. The zero-order valence-electron chi connectivity index (χ0n) is 15.1. The third kappa shape index (κ3) is 3.27. The second-order valence-electron chi connectivity index (χ2n) is 7.03. The third-order valence-electron chi connectivity index (χ3n) is 5.03. The summed E-state index contributed by atoms with van der Waals surface area (Å²) in [6, 6.07) is 8.00. The molecule has 1 fully saturated rings. The van der Waals surface area contributed by atoms with E-state index in [1.165, 1.54) is 0 Å². The monoisotopic (exact) mass is 349 g/mol. The molecule has 1 aliphatic carbocycles. The molecule has 0 radical (unpaired) electrons. The minimum Gasteiger partial charge on any atom is -0.336 e. The van der Waals surface area contributed by atoms with Crippen LogP contribution in [0.4, 0.5) is 4.79 Å². The predicted octanol–water partition coefficient (Wildman–Crippen LogP) is 3.26. The van der Waals surface area contributed by atoms with E-state index in [1.54, 1.807) is 17.3 Å². The van der Waals surface area contributed by atoms with Crippen LogP contribution in [-0.2, 0) is 13.6 Å².